The molecule has 10 nitrogen and oxygen atoms in total. The minimum atomic E-state index is -3.84. The summed E-state index contributed by atoms with van der Waals surface area (Å²) in [5, 5.41) is 6.70. The van der Waals surface area contributed by atoms with Crippen LogP contribution in [0.2, 0.25) is 5.15 Å². The van der Waals surface area contributed by atoms with Gasteiger partial charge in [0.2, 0.25) is 0 Å². The minimum absolute atomic E-state index is 0.109. The Balaban J connectivity index is 1.81. The van der Waals surface area contributed by atoms with E-state index >= 15 is 0 Å². The van der Waals surface area contributed by atoms with Gasteiger partial charge < -0.3 is 8.92 Å². The molecule has 0 aromatic carbocycles. The third kappa shape index (κ3) is 5.47. The highest BCUT2D eigenvalue weighted by Gasteiger charge is 2.21. The van der Waals surface area contributed by atoms with Crippen molar-refractivity contribution >= 4 is 33.6 Å². The van der Waals surface area contributed by atoms with E-state index in [4.69, 9.17) is 16.3 Å². The average molecular weight is 470 g/mol. The molecule has 1 N–H and O–H groups in total. The smallest absolute Gasteiger partial charge is 0.413 e. The molecule has 0 fully saturated rings. The third-order valence-corrected chi connectivity index (χ3v) is 4.80. The first-order chi connectivity index (χ1) is 14.5. The van der Waals surface area contributed by atoms with Crippen molar-refractivity contribution in [3.8, 4) is 17.0 Å². The van der Waals surface area contributed by atoms with E-state index in [-0.39, 0.29) is 28.0 Å². The summed E-state index contributed by atoms with van der Waals surface area (Å²) in [6.45, 7) is 1.62. The van der Waals surface area contributed by atoms with Gasteiger partial charge in [0.05, 0.1) is 24.2 Å². The number of halogens is 2. The van der Waals surface area contributed by atoms with Gasteiger partial charge in [0.25, 0.3) is 0 Å². The van der Waals surface area contributed by atoms with E-state index in [9.17, 15) is 17.6 Å². The van der Waals surface area contributed by atoms with Gasteiger partial charge in [-0.25, -0.2) is 19.2 Å². The zero-order chi connectivity index (χ0) is 22.8. The van der Waals surface area contributed by atoms with Crippen molar-refractivity contribution < 1.29 is 26.5 Å². The Morgan fingerprint density at radius 1 is 1.32 bits per heavy atom. The van der Waals surface area contributed by atoms with Crippen molar-refractivity contribution in [3.05, 3.63) is 53.3 Å². The molecule has 0 radical (unpaired) electrons. The fraction of sp³-hybridized carbons (Fsp3) is 0.222. The van der Waals surface area contributed by atoms with E-state index in [1.54, 1.807) is 19.1 Å². The Morgan fingerprint density at radius 3 is 2.71 bits per heavy atom. The molecule has 0 aliphatic carbocycles. The molecule has 3 heterocycles. The largest absolute Gasteiger partial charge is 0.441 e. The summed E-state index contributed by atoms with van der Waals surface area (Å²) in [6, 6.07) is 4.19. The highest BCUT2D eigenvalue weighted by Crippen LogP contribution is 2.30. The second-order valence-electron chi connectivity index (χ2n) is 6.38. The van der Waals surface area contributed by atoms with Crippen molar-refractivity contribution in [2.45, 2.75) is 13.0 Å². The van der Waals surface area contributed by atoms with Gasteiger partial charge in [0.15, 0.2) is 11.6 Å². The first kappa shape index (κ1) is 22.4. The van der Waals surface area contributed by atoms with E-state index in [2.05, 4.69) is 24.6 Å². The molecule has 0 unspecified atom stereocenters. The van der Waals surface area contributed by atoms with Crippen LogP contribution in [0.5, 0.6) is 5.75 Å². The summed E-state index contributed by atoms with van der Waals surface area (Å²) in [5.74, 6) is -1.05. The molecule has 164 valence electrons. The molecule has 3 aromatic heterocycles. The van der Waals surface area contributed by atoms with Crippen LogP contribution in [0, 0.1) is 5.82 Å². The normalized spacial score (nSPS) is 12.3. The molecule has 0 bridgehead atoms. The Bertz CT molecular complexity index is 1230. The van der Waals surface area contributed by atoms with Crippen LogP contribution in [0.15, 0.2) is 36.8 Å². The lowest BCUT2D eigenvalue weighted by Gasteiger charge is -2.15. The van der Waals surface area contributed by atoms with Crippen molar-refractivity contribution in [1.29, 1.82) is 0 Å². The van der Waals surface area contributed by atoms with Crippen LogP contribution in [0.25, 0.3) is 11.3 Å². The maximum absolute atomic E-state index is 14.6. The van der Waals surface area contributed by atoms with Gasteiger partial charge >= 0.3 is 16.2 Å². The average Bonchev–Trinajstić information content (AvgIpc) is 3.01. The number of hydrogen-bond acceptors (Lipinski definition) is 8. The molecule has 1 atom stereocenters. The number of amides is 1. The third-order valence-electron chi connectivity index (χ3n) is 3.99. The first-order valence-corrected chi connectivity index (χ1v) is 10.9. The number of pyridine rings is 2. The molecular weight excluding hydrogens is 453 g/mol. The summed E-state index contributed by atoms with van der Waals surface area (Å²) in [5.41, 5.74) is 0.487. The molecule has 0 saturated heterocycles. The summed E-state index contributed by atoms with van der Waals surface area (Å²) in [4.78, 5) is 20.2. The van der Waals surface area contributed by atoms with Crippen molar-refractivity contribution in [1.82, 2.24) is 19.7 Å². The lowest BCUT2D eigenvalue weighted by Crippen LogP contribution is -2.18. The van der Waals surface area contributed by atoms with E-state index in [1.165, 1.54) is 24.1 Å². The Hall–Kier alpha value is -3.25. The van der Waals surface area contributed by atoms with E-state index in [1.807, 2.05) is 0 Å². The molecular formula is C18H17ClFN5O5S. The highest BCUT2D eigenvalue weighted by molar-refractivity contribution is 7.86. The molecule has 0 aliphatic heterocycles. The first-order valence-electron chi connectivity index (χ1n) is 8.70. The van der Waals surface area contributed by atoms with Crippen LogP contribution in [0.1, 0.15) is 18.6 Å². The molecule has 0 spiro atoms. The summed E-state index contributed by atoms with van der Waals surface area (Å²) < 4.78 is 48.2. The maximum atomic E-state index is 14.6. The monoisotopic (exact) mass is 469 g/mol. The number of nitrogens with one attached hydrogen (secondary N) is 1. The van der Waals surface area contributed by atoms with Crippen LogP contribution in [-0.2, 0) is 21.9 Å². The Kier molecular flexibility index (Phi) is 6.41. The standard InChI is InChI=1S/C18H17ClFN5O5S/c1-10(12-5-4-6-21-16(12)19)29-18(26)24-17-13(9-23-25(17)2)15-14(20)7-11(8-22-15)30-31(3,27)28/h4-10H,1-3H3,(H,24,26)/t10-/m1/s1. The number of carbonyl (C=O) groups is 1. The second-order valence-corrected chi connectivity index (χ2v) is 8.31. The number of rotatable bonds is 6. The zero-order valence-electron chi connectivity index (χ0n) is 16.5. The maximum Gasteiger partial charge on any atom is 0.413 e. The van der Waals surface area contributed by atoms with Gasteiger partial charge in [0.1, 0.15) is 22.8 Å². The molecule has 13 heteroatoms. The van der Waals surface area contributed by atoms with Gasteiger partial charge in [-0.05, 0) is 13.0 Å². The Labute approximate surface area is 182 Å². The van der Waals surface area contributed by atoms with Crippen molar-refractivity contribution in [2.75, 3.05) is 11.6 Å². The molecule has 31 heavy (non-hydrogen) atoms. The molecule has 0 saturated carbocycles. The van der Waals surface area contributed by atoms with Crippen LogP contribution in [0.3, 0.4) is 0 Å². The van der Waals surface area contributed by atoms with Crippen molar-refractivity contribution in [3.63, 3.8) is 0 Å². The second kappa shape index (κ2) is 8.86. The van der Waals surface area contributed by atoms with Gasteiger partial charge in [0, 0.05) is 24.9 Å². The molecule has 3 aromatic rings. The SMILES string of the molecule is C[C@@H](OC(=O)Nc1c(-c2ncc(OS(C)(=O)=O)cc2F)cnn1C)c1cccnc1Cl. The highest BCUT2D eigenvalue weighted by atomic mass is 35.5. The minimum Gasteiger partial charge on any atom is -0.441 e. The number of ether oxygens (including phenoxy) is 1. The molecule has 1 amide bonds. The van der Waals surface area contributed by atoms with Crippen LogP contribution >= 0.6 is 11.6 Å². The predicted molar refractivity (Wildman–Crippen MR) is 110 cm³/mol. The summed E-state index contributed by atoms with van der Waals surface area (Å²) >= 11 is 6.01. The molecule has 0 aliphatic rings. The zero-order valence-corrected chi connectivity index (χ0v) is 18.1. The van der Waals surface area contributed by atoms with E-state index in [0.717, 1.165) is 18.5 Å². The van der Waals surface area contributed by atoms with Crippen LogP contribution in [-0.4, -0.2) is 40.5 Å². The fourth-order valence-electron chi connectivity index (χ4n) is 2.65. The number of carbonyl (C=O) groups excluding carboxylic acids is 1. The number of aromatic nitrogens is 4. The quantitative estimate of drug-likeness (QED) is 0.430. The van der Waals surface area contributed by atoms with Gasteiger partial charge in [-0.2, -0.15) is 13.5 Å². The van der Waals surface area contributed by atoms with Crippen LogP contribution < -0.4 is 9.50 Å². The number of anilines is 1. The number of aryl methyl sites for hydroxylation is 1. The topological polar surface area (TPSA) is 125 Å². The predicted octanol–water partition coefficient (Wildman–Crippen LogP) is 3.32. The summed E-state index contributed by atoms with van der Waals surface area (Å²) in [6.07, 6.45) is 3.12. The van der Waals surface area contributed by atoms with E-state index < -0.39 is 28.1 Å². The molecule has 3 rings (SSSR count). The van der Waals surface area contributed by atoms with Gasteiger partial charge in [-0.1, -0.05) is 17.7 Å². The summed E-state index contributed by atoms with van der Waals surface area (Å²) in [7, 11) is -2.31. The fourth-order valence-corrected chi connectivity index (χ4v) is 3.36. The van der Waals surface area contributed by atoms with Gasteiger partial charge in [-0.3, -0.25) is 10.00 Å². The van der Waals surface area contributed by atoms with Crippen LogP contribution in [0.4, 0.5) is 15.0 Å². The lowest BCUT2D eigenvalue weighted by atomic mass is 10.2. The number of nitrogens with zero attached hydrogens (tertiary/aromatic N) is 4. The van der Waals surface area contributed by atoms with Crippen molar-refractivity contribution in [2.24, 2.45) is 7.05 Å². The lowest BCUT2D eigenvalue weighted by molar-refractivity contribution is 0.121. The van der Waals surface area contributed by atoms with E-state index in [0.29, 0.717) is 5.56 Å². The Morgan fingerprint density at radius 2 is 2.06 bits per heavy atom. The number of hydrogen-bond donors (Lipinski definition) is 1. The van der Waals surface area contributed by atoms with Gasteiger partial charge in [-0.15, -0.1) is 0 Å².